The van der Waals surface area contributed by atoms with Crippen LogP contribution in [0.4, 0.5) is 0 Å². The molecule has 0 amide bonds. The molecule has 0 unspecified atom stereocenters. The fourth-order valence-corrected chi connectivity index (χ4v) is 1.61. The molecule has 1 aliphatic carbocycles. The van der Waals surface area contributed by atoms with Crippen LogP contribution < -0.4 is 5.73 Å². The van der Waals surface area contributed by atoms with Crippen LogP contribution >= 0.6 is 0 Å². The zero-order valence-electron chi connectivity index (χ0n) is 6.60. The van der Waals surface area contributed by atoms with Crippen molar-refractivity contribution in [3.05, 3.63) is 0 Å². The molecule has 1 fully saturated rings. The minimum absolute atomic E-state index is 0.0334. The predicted molar refractivity (Wildman–Crippen MR) is 42.3 cm³/mol. The maximum Gasteiger partial charge on any atom is 0.451 e. The Morgan fingerprint density at radius 1 is 1.58 bits per heavy atom. The van der Waals surface area contributed by atoms with Crippen LogP contribution in [-0.4, -0.2) is 33.8 Å². The van der Waals surface area contributed by atoms with Crippen LogP contribution in [0.1, 0.15) is 12.8 Å². The monoisotopic (exact) mass is 173 g/mol. The van der Waals surface area contributed by atoms with E-state index in [9.17, 15) is 4.79 Å². The average Bonchev–Trinajstić information content (AvgIpc) is 1.82. The van der Waals surface area contributed by atoms with Crippen molar-refractivity contribution in [2.24, 2.45) is 11.7 Å². The number of rotatable bonds is 3. The lowest BCUT2D eigenvalue weighted by Gasteiger charge is -2.41. The maximum atomic E-state index is 10.5. The molecule has 5 nitrogen and oxygen atoms in total. The molecule has 0 radical (unpaired) electrons. The average molecular weight is 173 g/mol. The number of carboxylic acids is 1. The van der Waals surface area contributed by atoms with Crippen molar-refractivity contribution in [3.8, 4) is 0 Å². The van der Waals surface area contributed by atoms with E-state index < -0.39 is 18.6 Å². The highest BCUT2D eigenvalue weighted by Crippen LogP contribution is 2.38. The molecule has 0 bridgehead atoms. The van der Waals surface area contributed by atoms with Gasteiger partial charge in [-0.1, -0.05) is 0 Å². The Bertz CT molecular complexity index is 190. The first-order valence-electron chi connectivity index (χ1n) is 3.82. The molecular formula is C6H12BNO4. The Labute approximate surface area is 70.3 Å². The van der Waals surface area contributed by atoms with Crippen LogP contribution in [0.3, 0.4) is 0 Å². The van der Waals surface area contributed by atoms with Gasteiger partial charge < -0.3 is 20.9 Å². The zero-order valence-corrected chi connectivity index (χ0v) is 6.60. The fourth-order valence-electron chi connectivity index (χ4n) is 1.61. The largest absolute Gasteiger partial charge is 0.480 e. The first kappa shape index (κ1) is 9.50. The fraction of sp³-hybridized carbons (Fsp3) is 0.833. The predicted octanol–water partition coefficient (Wildman–Crippen LogP) is -1.35. The Balaban J connectivity index is 2.32. The summed E-state index contributed by atoms with van der Waals surface area (Å²) < 4.78 is 0. The van der Waals surface area contributed by atoms with E-state index in [2.05, 4.69) is 0 Å². The Morgan fingerprint density at radius 2 is 2.08 bits per heavy atom. The van der Waals surface area contributed by atoms with Crippen LogP contribution in [0.15, 0.2) is 0 Å². The normalized spacial score (nSPS) is 34.1. The number of hydrogen-bond donors (Lipinski definition) is 4. The van der Waals surface area contributed by atoms with E-state index in [1.807, 2.05) is 0 Å². The summed E-state index contributed by atoms with van der Waals surface area (Å²) >= 11 is 0. The Kier molecular flexibility index (Phi) is 2.41. The lowest BCUT2D eigenvalue weighted by atomic mass is 9.61. The van der Waals surface area contributed by atoms with Gasteiger partial charge in [0, 0.05) is 0 Å². The number of carbonyl (C=O) groups is 1. The van der Waals surface area contributed by atoms with E-state index in [1.54, 1.807) is 0 Å². The number of nitrogens with two attached hydrogens (primary N) is 1. The van der Waals surface area contributed by atoms with Gasteiger partial charge in [-0.3, -0.25) is 4.79 Å². The Hall–Kier alpha value is -0.585. The SMILES string of the molecule is NC1(C(=O)O)CC(CB(O)O)C1. The van der Waals surface area contributed by atoms with Crippen LogP contribution in [0.2, 0.25) is 6.32 Å². The third-order valence-corrected chi connectivity index (χ3v) is 2.28. The van der Waals surface area contributed by atoms with Gasteiger partial charge in [0.05, 0.1) is 0 Å². The maximum absolute atomic E-state index is 10.5. The molecule has 0 aliphatic heterocycles. The van der Waals surface area contributed by atoms with E-state index >= 15 is 0 Å². The van der Waals surface area contributed by atoms with Crippen LogP contribution in [0, 0.1) is 5.92 Å². The highest BCUT2D eigenvalue weighted by atomic mass is 16.4. The van der Waals surface area contributed by atoms with E-state index in [0.29, 0.717) is 12.8 Å². The molecule has 0 atom stereocenters. The lowest BCUT2D eigenvalue weighted by molar-refractivity contribution is -0.148. The van der Waals surface area contributed by atoms with Gasteiger partial charge in [-0.25, -0.2) is 0 Å². The van der Waals surface area contributed by atoms with E-state index in [-0.39, 0.29) is 12.2 Å². The van der Waals surface area contributed by atoms with Crippen molar-refractivity contribution in [1.29, 1.82) is 0 Å². The molecule has 1 saturated carbocycles. The summed E-state index contributed by atoms with van der Waals surface area (Å²) in [6, 6.07) is 0. The van der Waals surface area contributed by atoms with Crippen molar-refractivity contribution in [2.75, 3.05) is 0 Å². The summed E-state index contributed by atoms with van der Waals surface area (Å²) in [5.41, 5.74) is 4.32. The third-order valence-electron chi connectivity index (χ3n) is 2.28. The van der Waals surface area contributed by atoms with E-state index in [4.69, 9.17) is 20.9 Å². The molecule has 0 spiro atoms. The molecule has 0 aromatic heterocycles. The molecule has 1 aliphatic rings. The first-order chi connectivity index (χ1) is 5.44. The molecule has 6 heteroatoms. The topological polar surface area (TPSA) is 104 Å². The highest BCUT2D eigenvalue weighted by Gasteiger charge is 2.47. The molecule has 68 valence electrons. The van der Waals surface area contributed by atoms with Gasteiger partial charge in [-0.15, -0.1) is 0 Å². The van der Waals surface area contributed by atoms with Crippen LogP contribution in [-0.2, 0) is 4.79 Å². The standard InChI is InChI=1S/C6H12BNO4/c8-6(5(9)10)1-4(2-6)3-7(11)12/h4,11-12H,1-3,8H2,(H,9,10). The highest BCUT2D eigenvalue weighted by molar-refractivity contribution is 6.41. The second-order valence-corrected chi connectivity index (χ2v) is 3.45. The second kappa shape index (κ2) is 3.04. The van der Waals surface area contributed by atoms with Gasteiger partial charge >= 0.3 is 13.1 Å². The molecule has 1 rings (SSSR count). The summed E-state index contributed by atoms with van der Waals surface area (Å²) in [5.74, 6) is -0.975. The molecule has 12 heavy (non-hydrogen) atoms. The van der Waals surface area contributed by atoms with Crippen LogP contribution in [0.25, 0.3) is 0 Å². The molecular weight excluding hydrogens is 161 g/mol. The molecule has 0 heterocycles. The van der Waals surface area contributed by atoms with Gasteiger partial charge in [-0.05, 0) is 25.1 Å². The molecule has 0 aromatic rings. The molecule has 5 N–H and O–H groups in total. The first-order valence-corrected chi connectivity index (χ1v) is 3.82. The minimum atomic E-state index is -1.35. The summed E-state index contributed by atoms with van der Waals surface area (Å²) in [5, 5.41) is 25.7. The Morgan fingerprint density at radius 3 is 2.42 bits per heavy atom. The van der Waals surface area contributed by atoms with E-state index in [0.717, 1.165) is 0 Å². The molecule has 0 saturated heterocycles. The summed E-state index contributed by atoms with van der Waals surface area (Å²) in [6.45, 7) is 0. The van der Waals surface area contributed by atoms with E-state index in [1.165, 1.54) is 0 Å². The van der Waals surface area contributed by atoms with Gasteiger partial charge in [0.25, 0.3) is 0 Å². The smallest absolute Gasteiger partial charge is 0.451 e. The number of hydrogen-bond acceptors (Lipinski definition) is 4. The summed E-state index contributed by atoms with van der Waals surface area (Å²) in [7, 11) is -1.35. The number of carboxylic acid groups (broad SMARTS) is 1. The van der Waals surface area contributed by atoms with Gasteiger partial charge in [-0.2, -0.15) is 0 Å². The lowest BCUT2D eigenvalue weighted by Crippen LogP contribution is -2.58. The number of aliphatic carboxylic acids is 1. The van der Waals surface area contributed by atoms with Crippen molar-refractivity contribution in [3.63, 3.8) is 0 Å². The molecule has 0 aromatic carbocycles. The quantitative estimate of drug-likeness (QED) is 0.395. The van der Waals surface area contributed by atoms with Crippen molar-refractivity contribution < 1.29 is 19.9 Å². The summed E-state index contributed by atoms with van der Waals surface area (Å²) in [4.78, 5) is 10.5. The van der Waals surface area contributed by atoms with Gasteiger partial charge in [0.15, 0.2) is 0 Å². The van der Waals surface area contributed by atoms with Crippen molar-refractivity contribution in [2.45, 2.75) is 24.7 Å². The van der Waals surface area contributed by atoms with Gasteiger partial charge in [0.1, 0.15) is 5.54 Å². The minimum Gasteiger partial charge on any atom is -0.480 e. The van der Waals surface area contributed by atoms with Crippen LogP contribution in [0.5, 0.6) is 0 Å². The summed E-state index contributed by atoms with van der Waals surface area (Å²) in [6.07, 6.45) is 0.881. The van der Waals surface area contributed by atoms with Crippen molar-refractivity contribution in [1.82, 2.24) is 0 Å². The van der Waals surface area contributed by atoms with Crippen molar-refractivity contribution >= 4 is 13.1 Å². The third kappa shape index (κ3) is 1.77. The van der Waals surface area contributed by atoms with Gasteiger partial charge in [0.2, 0.25) is 0 Å². The zero-order chi connectivity index (χ0) is 9.35. The second-order valence-electron chi connectivity index (χ2n) is 3.45.